The normalized spacial score (nSPS) is 15.5. The van der Waals surface area contributed by atoms with Gasteiger partial charge in [-0.05, 0) is 64.6 Å². The van der Waals surface area contributed by atoms with E-state index in [4.69, 9.17) is 4.98 Å². The van der Waals surface area contributed by atoms with Crippen LogP contribution in [0.1, 0.15) is 69.5 Å². The van der Waals surface area contributed by atoms with E-state index in [2.05, 4.69) is 65.4 Å². The monoisotopic (exact) mass is 441 g/mol. The molecule has 0 aliphatic heterocycles. The highest BCUT2D eigenvalue weighted by molar-refractivity contribution is 7.97. The fourth-order valence-corrected chi connectivity index (χ4v) is 5.76. The van der Waals surface area contributed by atoms with E-state index in [0.29, 0.717) is 5.92 Å². The topological polar surface area (TPSA) is 65.6 Å². The van der Waals surface area contributed by atoms with E-state index in [1.807, 2.05) is 24.3 Å². The zero-order valence-electron chi connectivity index (χ0n) is 18.2. The predicted molar refractivity (Wildman–Crippen MR) is 129 cm³/mol. The molecule has 0 saturated heterocycles. The number of nitrogens with zero attached hydrogens (tertiary/aromatic N) is 2. The molecule has 1 aliphatic carbocycles. The number of aromatic nitrogens is 3. The molecule has 160 valence electrons. The summed E-state index contributed by atoms with van der Waals surface area (Å²) < 4.78 is 3.57. The lowest BCUT2D eigenvalue weighted by Gasteiger charge is -2.21. The van der Waals surface area contributed by atoms with Gasteiger partial charge in [0.15, 0.2) is 5.82 Å². The van der Waals surface area contributed by atoms with Crippen LogP contribution in [0.15, 0.2) is 35.4 Å². The van der Waals surface area contributed by atoms with E-state index in [-0.39, 0.29) is 5.54 Å². The lowest BCUT2D eigenvalue weighted by atomic mass is 9.90. The third kappa shape index (κ3) is 5.45. The Morgan fingerprint density at radius 2 is 1.93 bits per heavy atom. The molecule has 0 radical (unpaired) electrons. The van der Waals surface area contributed by atoms with Crippen molar-refractivity contribution >= 4 is 34.8 Å². The van der Waals surface area contributed by atoms with Crippen LogP contribution in [0.25, 0.3) is 10.4 Å². The van der Waals surface area contributed by atoms with Crippen molar-refractivity contribution in [2.24, 2.45) is 0 Å². The molecule has 5 nitrogen and oxygen atoms in total. The molecule has 2 heterocycles. The summed E-state index contributed by atoms with van der Waals surface area (Å²) in [6, 6.07) is 8.53. The molecule has 0 unspecified atom stereocenters. The second-order valence-electron chi connectivity index (χ2n) is 9.12. The maximum Gasteiger partial charge on any atom is 0.152 e. The molecule has 1 fully saturated rings. The number of hydrogen-bond acceptors (Lipinski definition) is 6. The number of hydrogen-bond donors (Lipinski definition) is 3. The summed E-state index contributed by atoms with van der Waals surface area (Å²) in [6.07, 6.45) is 8.68. The third-order valence-electron chi connectivity index (χ3n) is 5.17. The number of thiazole rings is 1. The van der Waals surface area contributed by atoms with Crippen LogP contribution in [0.5, 0.6) is 0 Å². The highest BCUT2D eigenvalue weighted by Crippen LogP contribution is 2.41. The Bertz CT molecular complexity index is 980. The number of anilines is 2. The average Bonchev–Trinajstić information content (AvgIpc) is 3.36. The van der Waals surface area contributed by atoms with Gasteiger partial charge < -0.3 is 5.32 Å². The number of benzene rings is 1. The number of nitrogens with one attached hydrogen (secondary N) is 3. The van der Waals surface area contributed by atoms with Crippen molar-refractivity contribution in [3.05, 3.63) is 41.2 Å². The smallest absolute Gasteiger partial charge is 0.152 e. The standard InChI is InChI=1S/C23H31N5S2/c1-15-12-21(27-26-15)25-17-10-11-18(19(13-17)30-28-23(2,3)4)20-14-24-22(29-20)16-8-6-5-7-9-16/h10-14,16,28H,5-9H2,1-4H3,(H2,25,26,27). The van der Waals surface area contributed by atoms with Crippen molar-refractivity contribution in [3.63, 3.8) is 0 Å². The van der Waals surface area contributed by atoms with Gasteiger partial charge in [0, 0.05) is 45.6 Å². The quantitative estimate of drug-likeness (QED) is 0.358. The molecule has 0 atom stereocenters. The molecule has 0 amide bonds. The van der Waals surface area contributed by atoms with Crippen LogP contribution in [0, 0.1) is 6.92 Å². The number of rotatable bonds is 6. The van der Waals surface area contributed by atoms with Crippen molar-refractivity contribution in [1.29, 1.82) is 0 Å². The minimum absolute atomic E-state index is 0.0195. The minimum Gasteiger partial charge on any atom is -0.339 e. The van der Waals surface area contributed by atoms with Gasteiger partial charge >= 0.3 is 0 Å². The zero-order chi connectivity index (χ0) is 21.1. The molecular formula is C23H31N5S2. The molecule has 1 saturated carbocycles. The molecule has 0 bridgehead atoms. The highest BCUT2D eigenvalue weighted by atomic mass is 32.2. The van der Waals surface area contributed by atoms with E-state index in [1.54, 1.807) is 11.9 Å². The summed E-state index contributed by atoms with van der Waals surface area (Å²) in [6.45, 7) is 8.55. The van der Waals surface area contributed by atoms with E-state index in [1.165, 1.54) is 52.4 Å². The van der Waals surface area contributed by atoms with E-state index >= 15 is 0 Å². The van der Waals surface area contributed by atoms with Crippen LogP contribution in [0.2, 0.25) is 0 Å². The molecule has 3 aromatic rings. The molecule has 7 heteroatoms. The maximum absolute atomic E-state index is 4.82. The van der Waals surface area contributed by atoms with Crippen LogP contribution >= 0.6 is 23.3 Å². The van der Waals surface area contributed by atoms with Gasteiger partial charge in [0.05, 0.1) is 9.88 Å². The molecule has 1 aliphatic rings. The van der Waals surface area contributed by atoms with Gasteiger partial charge in [-0.25, -0.2) is 4.98 Å². The van der Waals surface area contributed by atoms with Gasteiger partial charge in [0.25, 0.3) is 0 Å². The molecule has 3 N–H and O–H groups in total. The fourth-order valence-electron chi connectivity index (χ4n) is 3.68. The van der Waals surface area contributed by atoms with E-state index in [0.717, 1.165) is 17.2 Å². The first-order valence-electron chi connectivity index (χ1n) is 10.7. The highest BCUT2D eigenvalue weighted by Gasteiger charge is 2.20. The summed E-state index contributed by atoms with van der Waals surface area (Å²) >= 11 is 3.55. The number of aromatic amines is 1. The van der Waals surface area contributed by atoms with Gasteiger partial charge in [0.2, 0.25) is 0 Å². The SMILES string of the molecule is Cc1cc(Nc2ccc(-c3cnc(C4CCCCC4)s3)c(SNC(C)(C)C)c2)n[nH]1. The molecule has 2 aromatic heterocycles. The summed E-state index contributed by atoms with van der Waals surface area (Å²) in [5.74, 6) is 1.47. The van der Waals surface area contributed by atoms with Crippen LogP contribution in [-0.2, 0) is 0 Å². The van der Waals surface area contributed by atoms with Crippen LogP contribution in [0.4, 0.5) is 11.5 Å². The van der Waals surface area contributed by atoms with Gasteiger partial charge in [-0.15, -0.1) is 11.3 Å². The second-order valence-corrected chi connectivity index (χ2v) is 11.0. The summed E-state index contributed by atoms with van der Waals surface area (Å²) in [7, 11) is 0. The van der Waals surface area contributed by atoms with Crippen molar-refractivity contribution in [3.8, 4) is 10.4 Å². The Balaban J connectivity index is 1.61. The van der Waals surface area contributed by atoms with Crippen LogP contribution in [0.3, 0.4) is 0 Å². The predicted octanol–water partition coefficient (Wildman–Crippen LogP) is 7.03. The molecule has 30 heavy (non-hydrogen) atoms. The van der Waals surface area contributed by atoms with Gasteiger partial charge in [-0.2, -0.15) is 5.10 Å². The second kappa shape index (κ2) is 9.12. The molecule has 1 aromatic carbocycles. The van der Waals surface area contributed by atoms with E-state index < -0.39 is 0 Å². The third-order valence-corrected chi connectivity index (χ3v) is 7.64. The first kappa shape index (κ1) is 21.4. The lowest BCUT2D eigenvalue weighted by molar-refractivity contribution is 0.442. The first-order chi connectivity index (χ1) is 14.4. The summed E-state index contributed by atoms with van der Waals surface area (Å²) in [4.78, 5) is 7.26. The maximum atomic E-state index is 4.82. The first-order valence-corrected chi connectivity index (χ1v) is 12.3. The fraction of sp³-hybridized carbons (Fsp3) is 0.478. The Morgan fingerprint density at radius 3 is 2.63 bits per heavy atom. The largest absolute Gasteiger partial charge is 0.339 e. The van der Waals surface area contributed by atoms with Crippen molar-refractivity contribution < 1.29 is 0 Å². The average molecular weight is 442 g/mol. The Labute approximate surface area is 187 Å². The van der Waals surface area contributed by atoms with Crippen LogP contribution in [-0.4, -0.2) is 20.7 Å². The molecule has 4 rings (SSSR count). The van der Waals surface area contributed by atoms with Crippen molar-refractivity contribution in [2.75, 3.05) is 5.32 Å². The summed E-state index contributed by atoms with van der Waals surface area (Å²) in [5, 5.41) is 12.0. The Kier molecular flexibility index (Phi) is 6.51. The van der Waals surface area contributed by atoms with Crippen molar-refractivity contribution in [2.45, 2.75) is 76.2 Å². The Hall–Kier alpha value is -1.83. The van der Waals surface area contributed by atoms with Gasteiger partial charge in [-0.3, -0.25) is 9.82 Å². The minimum atomic E-state index is 0.0195. The van der Waals surface area contributed by atoms with E-state index in [9.17, 15) is 0 Å². The molecule has 0 spiro atoms. The van der Waals surface area contributed by atoms with Crippen molar-refractivity contribution in [1.82, 2.24) is 19.9 Å². The summed E-state index contributed by atoms with van der Waals surface area (Å²) in [5.41, 5.74) is 3.32. The van der Waals surface area contributed by atoms with Gasteiger partial charge in [0.1, 0.15) is 0 Å². The number of H-pyrrole nitrogens is 1. The molecular weight excluding hydrogens is 410 g/mol. The number of aryl methyl sites for hydroxylation is 1. The van der Waals surface area contributed by atoms with Gasteiger partial charge in [-0.1, -0.05) is 25.3 Å². The Morgan fingerprint density at radius 1 is 1.13 bits per heavy atom. The zero-order valence-corrected chi connectivity index (χ0v) is 19.8. The van der Waals surface area contributed by atoms with Crippen LogP contribution < -0.4 is 10.0 Å². The lowest BCUT2D eigenvalue weighted by Crippen LogP contribution is -2.29.